The molecule has 0 unspecified atom stereocenters. The summed E-state index contributed by atoms with van der Waals surface area (Å²) in [6.45, 7) is 13.2. The first-order valence-electron chi connectivity index (χ1n) is 6.69. The van der Waals surface area contributed by atoms with Crippen molar-refractivity contribution in [3.8, 4) is 0 Å². The third-order valence-corrected chi connectivity index (χ3v) is 2.49. The highest BCUT2D eigenvalue weighted by atomic mass is 16.3. The van der Waals surface area contributed by atoms with Crippen LogP contribution in [0.2, 0.25) is 0 Å². The van der Waals surface area contributed by atoms with Gasteiger partial charge in [-0.15, -0.1) is 0 Å². The summed E-state index contributed by atoms with van der Waals surface area (Å²) >= 11 is 0. The largest absolute Gasteiger partial charge is 0.508 e. The Kier molecular flexibility index (Phi) is 7.90. The van der Waals surface area contributed by atoms with Gasteiger partial charge in [-0.25, -0.2) is 0 Å². The van der Waals surface area contributed by atoms with Crippen LogP contribution >= 0.6 is 0 Å². The molecule has 0 saturated carbocycles. The minimum atomic E-state index is -0.0964. The minimum absolute atomic E-state index is 0.0964. The summed E-state index contributed by atoms with van der Waals surface area (Å²) in [4.78, 5) is 0. The van der Waals surface area contributed by atoms with E-state index in [9.17, 15) is 5.11 Å². The fraction of sp³-hybridized carbons (Fsp3) is 0.294. The van der Waals surface area contributed by atoms with Gasteiger partial charge in [0.05, 0.1) is 0 Å². The van der Waals surface area contributed by atoms with Crippen molar-refractivity contribution >= 4 is 0 Å². The van der Waals surface area contributed by atoms with Gasteiger partial charge in [-0.3, -0.25) is 0 Å². The standard InChI is InChI=1S/C17H26N2O/c1-6-8-14(16(18)10-12(3)4)11-17(19)15(9-7-2)13(5)20/h7-12,20H,2,5-6,18-19H2,1,3-4H3/b14-8-,15-9+,16-10+,17-11-. The molecule has 0 saturated heterocycles. The second-order valence-electron chi connectivity index (χ2n) is 4.80. The van der Waals surface area contributed by atoms with Crippen LogP contribution in [0.15, 0.2) is 71.8 Å². The van der Waals surface area contributed by atoms with Crippen LogP contribution in [0.3, 0.4) is 0 Å². The molecule has 0 aromatic rings. The van der Waals surface area contributed by atoms with Crippen LogP contribution in [0, 0.1) is 5.92 Å². The van der Waals surface area contributed by atoms with Gasteiger partial charge < -0.3 is 16.6 Å². The number of hydrogen-bond donors (Lipinski definition) is 3. The van der Waals surface area contributed by atoms with Crippen molar-refractivity contribution in [2.24, 2.45) is 17.4 Å². The Hall–Kier alpha value is -2.16. The van der Waals surface area contributed by atoms with Crippen molar-refractivity contribution in [3.05, 3.63) is 71.8 Å². The highest BCUT2D eigenvalue weighted by molar-refractivity contribution is 5.49. The van der Waals surface area contributed by atoms with Crippen LogP contribution in [0.25, 0.3) is 0 Å². The maximum Gasteiger partial charge on any atom is 0.117 e. The number of aliphatic hydroxyl groups is 1. The lowest BCUT2D eigenvalue weighted by atomic mass is 10.0. The van der Waals surface area contributed by atoms with E-state index >= 15 is 0 Å². The number of allylic oxidation sites excluding steroid dienone is 5. The van der Waals surface area contributed by atoms with E-state index in [-0.39, 0.29) is 5.76 Å². The quantitative estimate of drug-likeness (QED) is 0.488. The summed E-state index contributed by atoms with van der Waals surface area (Å²) in [5.41, 5.74) is 14.4. The molecule has 3 heteroatoms. The van der Waals surface area contributed by atoms with E-state index in [2.05, 4.69) is 27.0 Å². The van der Waals surface area contributed by atoms with Crippen molar-refractivity contribution < 1.29 is 5.11 Å². The monoisotopic (exact) mass is 274 g/mol. The minimum Gasteiger partial charge on any atom is -0.508 e. The zero-order valence-electron chi connectivity index (χ0n) is 12.7. The predicted octanol–water partition coefficient (Wildman–Crippen LogP) is 3.85. The predicted molar refractivity (Wildman–Crippen MR) is 87.8 cm³/mol. The molecule has 0 aliphatic heterocycles. The van der Waals surface area contributed by atoms with Crippen LogP contribution in [-0.4, -0.2) is 5.11 Å². The lowest BCUT2D eigenvalue weighted by molar-refractivity contribution is 0.427. The first-order chi connectivity index (χ1) is 9.33. The van der Waals surface area contributed by atoms with E-state index in [1.54, 1.807) is 18.2 Å². The van der Waals surface area contributed by atoms with Gasteiger partial charge in [0.15, 0.2) is 0 Å². The van der Waals surface area contributed by atoms with E-state index in [1.165, 1.54) is 0 Å². The van der Waals surface area contributed by atoms with Gasteiger partial charge in [-0.1, -0.05) is 52.2 Å². The summed E-state index contributed by atoms with van der Waals surface area (Å²) in [7, 11) is 0. The molecule has 0 amide bonds. The van der Waals surface area contributed by atoms with Crippen molar-refractivity contribution in [2.45, 2.75) is 27.2 Å². The van der Waals surface area contributed by atoms with Crippen LogP contribution in [0.4, 0.5) is 0 Å². The molecule has 0 bridgehead atoms. The Morgan fingerprint density at radius 1 is 1.25 bits per heavy atom. The number of nitrogens with two attached hydrogens (primary N) is 2. The van der Waals surface area contributed by atoms with Crippen molar-refractivity contribution in [2.75, 3.05) is 0 Å². The van der Waals surface area contributed by atoms with E-state index in [4.69, 9.17) is 11.5 Å². The summed E-state index contributed by atoms with van der Waals surface area (Å²) in [6.07, 6.45) is 9.71. The van der Waals surface area contributed by atoms with Crippen LogP contribution in [0.1, 0.15) is 27.2 Å². The van der Waals surface area contributed by atoms with Crippen LogP contribution in [-0.2, 0) is 0 Å². The molecule has 0 aliphatic rings. The van der Waals surface area contributed by atoms with Crippen molar-refractivity contribution in [1.29, 1.82) is 0 Å². The van der Waals surface area contributed by atoms with Gasteiger partial charge >= 0.3 is 0 Å². The molecule has 0 heterocycles. The van der Waals surface area contributed by atoms with E-state index in [1.807, 2.05) is 19.1 Å². The molecule has 110 valence electrons. The average Bonchev–Trinajstić information content (AvgIpc) is 2.33. The highest BCUT2D eigenvalue weighted by Gasteiger charge is 2.06. The molecule has 20 heavy (non-hydrogen) atoms. The fourth-order valence-electron chi connectivity index (χ4n) is 1.66. The highest BCUT2D eigenvalue weighted by Crippen LogP contribution is 2.17. The summed E-state index contributed by atoms with van der Waals surface area (Å²) in [5.74, 6) is 0.252. The maximum absolute atomic E-state index is 9.54. The molecule has 0 spiro atoms. The Morgan fingerprint density at radius 3 is 2.25 bits per heavy atom. The van der Waals surface area contributed by atoms with Crippen molar-refractivity contribution in [3.63, 3.8) is 0 Å². The zero-order valence-corrected chi connectivity index (χ0v) is 12.7. The molecule has 0 atom stereocenters. The van der Waals surface area contributed by atoms with Crippen molar-refractivity contribution in [1.82, 2.24) is 0 Å². The molecule has 5 N–H and O–H groups in total. The van der Waals surface area contributed by atoms with Crippen LogP contribution < -0.4 is 11.5 Å². The van der Waals surface area contributed by atoms with E-state index < -0.39 is 0 Å². The van der Waals surface area contributed by atoms with Gasteiger partial charge in [-0.05, 0) is 30.1 Å². The number of rotatable bonds is 7. The lowest BCUT2D eigenvalue weighted by Gasteiger charge is -2.09. The molecule has 0 aromatic heterocycles. The molecule has 0 radical (unpaired) electrons. The molecule has 0 aliphatic carbocycles. The Balaban J connectivity index is 5.61. The third kappa shape index (κ3) is 6.14. The van der Waals surface area contributed by atoms with E-state index in [0.717, 1.165) is 12.0 Å². The molecule has 0 aromatic carbocycles. The van der Waals surface area contributed by atoms with Gasteiger partial charge in [0.1, 0.15) is 5.76 Å². The second-order valence-corrected chi connectivity index (χ2v) is 4.80. The summed E-state index contributed by atoms with van der Waals surface area (Å²) in [6, 6.07) is 0. The smallest absolute Gasteiger partial charge is 0.117 e. The first kappa shape index (κ1) is 17.8. The molecular formula is C17H26N2O. The number of hydrogen-bond acceptors (Lipinski definition) is 3. The lowest BCUT2D eigenvalue weighted by Crippen LogP contribution is -2.07. The molecule has 3 nitrogen and oxygen atoms in total. The summed E-state index contributed by atoms with van der Waals surface area (Å²) < 4.78 is 0. The average molecular weight is 274 g/mol. The number of aliphatic hydroxyl groups excluding tert-OH is 1. The van der Waals surface area contributed by atoms with Gasteiger partial charge in [-0.2, -0.15) is 0 Å². The van der Waals surface area contributed by atoms with E-state index in [0.29, 0.717) is 22.9 Å². The summed E-state index contributed by atoms with van der Waals surface area (Å²) in [5, 5.41) is 9.54. The first-order valence-corrected chi connectivity index (χ1v) is 6.69. The Labute approximate surface area is 122 Å². The Morgan fingerprint density at radius 2 is 1.85 bits per heavy atom. The second kappa shape index (κ2) is 8.86. The van der Waals surface area contributed by atoms with Gasteiger partial charge in [0.2, 0.25) is 0 Å². The van der Waals surface area contributed by atoms with Gasteiger partial charge in [0.25, 0.3) is 0 Å². The fourth-order valence-corrected chi connectivity index (χ4v) is 1.66. The maximum atomic E-state index is 9.54. The SMILES string of the molecule is C=C/C=C(C(=C)O)/C(N)=C/C(=C/CC)C(/N)=C\C(C)C. The van der Waals surface area contributed by atoms with Crippen LogP contribution in [0.5, 0.6) is 0 Å². The molecule has 0 fully saturated rings. The normalized spacial score (nSPS) is 14.6. The Bertz CT molecular complexity index is 477. The van der Waals surface area contributed by atoms with Gasteiger partial charge in [0, 0.05) is 17.0 Å². The topological polar surface area (TPSA) is 72.3 Å². The molecular weight excluding hydrogens is 248 g/mol. The molecule has 0 rings (SSSR count). The zero-order chi connectivity index (χ0) is 15.7. The third-order valence-electron chi connectivity index (χ3n) is 2.49.